The van der Waals surface area contributed by atoms with Crippen molar-refractivity contribution in [2.75, 3.05) is 0 Å². The van der Waals surface area contributed by atoms with E-state index >= 15 is 0 Å². The Bertz CT molecular complexity index is 840. The van der Waals surface area contributed by atoms with E-state index in [1.807, 2.05) is 12.1 Å². The highest BCUT2D eigenvalue weighted by Crippen LogP contribution is 2.34. The number of benzene rings is 1. The van der Waals surface area contributed by atoms with E-state index in [1.54, 1.807) is 24.5 Å². The summed E-state index contributed by atoms with van der Waals surface area (Å²) < 4.78 is 14.1. The maximum Gasteiger partial charge on any atom is 0.221 e. The highest BCUT2D eigenvalue weighted by Gasteiger charge is 2.15. The fourth-order valence-electron chi connectivity index (χ4n) is 2.18. The minimum Gasteiger partial charge on any atom is -0.493 e. The Morgan fingerprint density at radius 2 is 2.00 bits per heavy atom. The van der Waals surface area contributed by atoms with Crippen LogP contribution in [0.2, 0.25) is 0 Å². The quantitative estimate of drug-likeness (QED) is 0.568. The summed E-state index contributed by atoms with van der Waals surface area (Å²) in [5.41, 5.74) is 1.16. The maximum atomic E-state index is 14.1. The number of halogens is 1. The van der Waals surface area contributed by atoms with Crippen LogP contribution >= 0.6 is 11.8 Å². The zero-order valence-corrected chi connectivity index (χ0v) is 12.3. The topological polar surface area (TPSA) is 69.9 Å². The summed E-state index contributed by atoms with van der Waals surface area (Å²) in [6.45, 7) is 0. The molecule has 0 radical (unpaired) electrons. The standard InChI is InChI=1S/C16H12FN3OS/c17-13-3-1-2-11-14(13)12(8-18)15(21)20-16(11)22-9-10-4-6-19-7-5-10/h1-8,18H,9H2,(H,20,21). The number of nitrogens with zero attached hydrogens (tertiary/aromatic N) is 2. The van der Waals surface area contributed by atoms with E-state index in [0.29, 0.717) is 16.2 Å². The Kier molecular flexibility index (Phi) is 4.02. The van der Waals surface area contributed by atoms with Gasteiger partial charge in [-0.05, 0) is 23.8 Å². The van der Waals surface area contributed by atoms with Gasteiger partial charge in [-0.3, -0.25) is 4.98 Å². The van der Waals surface area contributed by atoms with Crippen molar-refractivity contribution in [1.29, 1.82) is 5.41 Å². The van der Waals surface area contributed by atoms with E-state index in [2.05, 4.69) is 9.97 Å². The van der Waals surface area contributed by atoms with Gasteiger partial charge in [0.05, 0.1) is 5.56 Å². The molecule has 0 saturated carbocycles. The van der Waals surface area contributed by atoms with E-state index in [1.165, 1.54) is 17.8 Å². The number of thioether (sulfide) groups is 1. The number of rotatable bonds is 4. The molecule has 3 aromatic rings. The molecule has 0 aliphatic heterocycles. The molecule has 6 heteroatoms. The molecule has 0 amide bonds. The molecule has 4 nitrogen and oxygen atoms in total. The first-order chi connectivity index (χ1) is 10.7. The van der Waals surface area contributed by atoms with Gasteiger partial charge < -0.3 is 10.5 Å². The molecule has 0 atom stereocenters. The fourth-order valence-corrected chi connectivity index (χ4v) is 3.15. The molecule has 0 fully saturated rings. The van der Waals surface area contributed by atoms with Crippen LogP contribution in [-0.2, 0) is 5.75 Å². The predicted molar refractivity (Wildman–Crippen MR) is 85.0 cm³/mol. The normalized spacial score (nSPS) is 10.8. The van der Waals surface area contributed by atoms with Crippen LogP contribution in [0.15, 0.2) is 47.8 Å². The zero-order chi connectivity index (χ0) is 15.5. The second kappa shape index (κ2) is 6.11. The Morgan fingerprint density at radius 1 is 1.23 bits per heavy atom. The van der Waals surface area contributed by atoms with Crippen LogP contribution < -0.4 is 0 Å². The zero-order valence-electron chi connectivity index (χ0n) is 11.5. The minimum atomic E-state index is -0.473. The summed E-state index contributed by atoms with van der Waals surface area (Å²) in [6, 6.07) is 8.43. The van der Waals surface area contributed by atoms with Crippen molar-refractivity contribution in [2.24, 2.45) is 0 Å². The van der Waals surface area contributed by atoms with Crippen LogP contribution in [0.25, 0.3) is 10.8 Å². The van der Waals surface area contributed by atoms with E-state index < -0.39 is 5.82 Å². The van der Waals surface area contributed by atoms with Gasteiger partial charge >= 0.3 is 0 Å². The lowest BCUT2D eigenvalue weighted by Crippen LogP contribution is -1.95. The van der Waals surface area contributed by atoms with Gasteiger partial charge in [0.2, 0.25) is 5.88 Å². The van der Waals surface area contributed by atoms with Gasteiger partial charge in [0.1, 0.15) is 10.8 Å². The molecule has 0 aliphatic rings. The monoisotopic (exact) mass is 313 g/mol. The third-order valence-corrected chi connectivity index (χ3v) is 4.29. The van der Waals surface area contributed by atoms with Gasteiger partial charge in [-0.1, -0.05) is 12.1 Å². The Morgan fingerprint density at radius 3 is 2.73 bits per heavy atom. The molecule has 0 saturated heterocycles. The maximum absolute atomic E-state index is 14.1. The van der Waals surface area contributed by atoms with Gasteiger partial charge in [0.25, 0.3) is 0 Å². The van der Waals surface area contributed by atoms with Crippen LogP contribution in [-0.4, -0.2) is 21.3 Å². The molecular formula is C16H12FN3OS. The van der Waals surface area contributed by atoms with Gasteiger partial charge in [0.15, 0.2) is 0 Å². The number of pyridine rings is 2. The molecule has 2 heterocycles. The smallest absolute Gasteiger partial charge is 0.221 e. The Labute approximate surface area is 130 Å². The molecule has 22 heavy (non-hydrogen) atoms. The highest BCUT2D eigenvalue weighted by molar-refractivity contribution is 7.98. The molecule has 1 aromatic carbocycles. The predicted octanol–water partition coefficient (Wildman–Crippen LogP) is 3.76. The third-order valence-electron chi connectivity index (χ3n) is 3.23. The molecule has 110 valence electrons. The van der Waals surface area contributed by atoms with E-state index in [9.17, 15) is 9.50 Å². The molecule has 2 aromatic heterocycles. The summed E-state index contributed by atoms with van der Waals surface area (Å²) >= 11 is 1.40. The first-order valence-corrected chi connectivity index (χ1v) is 7.52. The number of hydrogen-bond acceptors (Lipinski definition) is 5. The summed E-state index contributed by atoms with van der Waals surface area (Å²) in [5.74, 6) is -0.172. The molecule has 3 rings (SSSR count). The van der Waals surface area contributed by atoms with Crippen molar-refractivity contribution in [1.82, 2.24) is 9.97 Å². The summed E-state index contributed by atoms with van der Waals surface area (Å²) in [6.07, 6.45) is 4.33. The van der Waals surface area contributed by atoms with Crippen LogP contribution in [0.1, 0.15) is 11.1 Å². The lowest BCUT2D eigenvalue weighted by Gasteiger charge is -2.10. The van der Waals surface area contributed by atoms with Crippen LogP contribution in [0.5, 0.6) is 5.88 Å². The second-order valence-corrected chi connectivity index (χ2v) is 5.57. The summed E-state index contributed by atoms with van der Waals surface area (Å²) in [7, 11) is 0. The van der Waals surface area contributed by atoms with Crippen molar-refractivity contribution < 1.29 is 9.50 Å². The van der Waals surface area contributed by atoms with Crippen molar-refractivity contribution in [3.8, 4) is 5.88 Å². The SMILES string of the molecule is N=Cc1c(O)nc(SCc2ccncc2)c2cccc(F)c12. The lowest BCUT2D eigenvalue weighted by molar-refractivity contribution is 0.449. The van der Waals surface area contributed by atoms with Crippen molar-refractivity contribution in [3.63, 3.8) is 0 Å². The van der Waals surface area contributed by atoms with Crippen LogP contribution in [0, 0.1) is 11.2 Å². The van der Waals surface area contributed by atoms with Gasteiger partial charge in [-0.15, -0.1) is 11.8 Å². The van der Waals surface area contributed by atoms with E-state index in [0.717, 1.165) is 11.8 Å². The molecular weight excluding hydrogens is 301 g/mol. The van der Waals surface area contributed by atoms with Gasteiger partial charge in [-0.2, -0.15) is 0 Å². The van der Waals surface area contributed by atoms with Crippen molar-refractivity contribution >= 4 is 28.7 Å². The number of hydrogen-bond donors (Lipinski definition) is 2. The fraction of sp³-hybridized carbons (Fsp3) is 0.0625. The number of aromatic nitrogens is 2. The lowest BCUT2D eigenvalue weighted by atomic mass is 10.1. The molecule has 0 bridgehead atoms. The highest BCUT2D eigenvalue weighted by atomic mass is 32.2. The third kappa shape index (κ3) is 2.65. The molecule has 0 spiro atoms. The number of fused-ring (bicyclic) bond motifs is 1. The number of aromatic hydroxyl groups is 1. The Balaban J connectivity index is 2.07. The average Bonchev–Trinajstić information content (AvgIpc) is 2.54. The number of nitrogens with one attached hydrogen (secondary N) is 1. The van der Waals surface area contributed by atoms with Gasteiger partial charge in [0, 0.05) is 35.1 Å². The second-order valence-electron chi connectivity index (χ2n) is 4.61. The molecule has 0 unspecified atom stereocenters. The van der Waals surface area contributed by atoms with Gasteiger partial charge in [-0.25, -0.2) is 9.37 Å². The minimum absolute atomic E-state index is 0.0985. The van der Waals surface area contributed by atoms with Crippen molar-refractivity contribution in [2.45, 2.75) is 10.8 Å². The summed E-state index contributed by atoms with van der Waals surface area (Å²) in [4.78, 5) is 8.07. The van der Waals surface area contributed by atoms with E-state index in [4.69, 9.17) is 5.41 Å². The first kappa shape index (κ1) is 14.5. The van der Waals surface area contributed by atoms with Crippen LogP contribution in [0.4, 0.5) is 4.39 Å². The molecule has 2 N–H and O–H groups in total. The largest absolute Gasteiger partial charge is 0.493 e. The Hall–Kier alpha value is -2.47. The first-order valence-electron chi connectivity index (χ1n) is 6.54. The summed E-state index contributed by atoms with van der Waals surface area (Å²) in [5, 5.41) is 18.7. The average molecular weight is 313 g/mol. The van der Waals surface area contributed by atoms with Crippen molar-refractivity contribution in [3.05, 3.63) is 59.7 Å². The van der Waals surface area contributed by atoms with Crippen LogP contribution in [0.3, 0.4) is 0 Å². The van der Waals surface area contributed by atoms with E-state index in [-0.39, 0.29) is 16.8 Å². The molecule has 0 aliphatic carbocycles.